The molecule has 0 radical (unpaired) electrons. The van der Waals surface area contributed by atoms with E-state index in [0.29, 0.717) is 0 Å². The van der Waals surface area contributed by atoms with Crippen molar-refractivity contribution in [2.75, 3.05) is 18.0 Å². The largest absolute Gasteiger partial charge is 0.357 e. The average molecular weight is 247 g/mol. The second-order valence-corrected chi connectivity index (χ2v) is 5.26. The van der Waals surface area contributed by atoms with Crippen molar-refractivity contribution in [3.63, 3.8) is 0 Å². The van der Waals surface area contributed by atoms with Gasteiger partial charge < -0.3 is 10.6 Å². The Balaban J connectivity index is 2.16. The number of hydrogen-bond acceptors (Lipinski definition) is 3. The lowest BCUT2D eigenvalue weighted by Gasteiger charge is -2.23. The van der Waals surface area contributed by atoms with E-state index in [2.05, 4.69) is 30.9 Å². The zero-order chi connectivity index (χ0) is 13.0. The predicted molar refractivity (Wildman–Crippen MR) is 76.9 cm³/mol. The van der Waals surface area contributed by atoms with Crippen LogP contribution in [0, 0.1) is 6.92 Å². The summed E-state index contributed by atoms with van der Waals surface area (Å²) >= 11 is 0. The third-order valence-electron chi connectivity index (χ3n) is 3.88. The van der Waals surface area contributed by atoms with Crippen LogP contribution in [0.2, 0.25) is 0 Å². The van der Waals surface area contributed by atoms with Crippen LogP contribution >= 0.6 is 0 Å². The van der Waals surface area contributed by atoms with E-state index in [1.807, 2.05) is 0 Å². The molecule has 2 heterocycles. The SMILES string of the molecule is CC[C@@H](N)c1ccc(N2CCCCCC2)nc1C. The normalized spacial score (nSPS) is 18.5. The Morgan fingerprint density at radius 1 is 1.22 bits per heavy atom. The van der Waals surface area contributed by atoms with Gasteiger partial charge in [-0.2, -0.15) is 0 Å². The molecule has 2 N–H and O–H groups in total. The maximum absolute atomic E-state index is 6.10. The highest BCUT2D eigenvalue weighted by atomic mass is 15.2. The van der Waals surface area contributed by atoms with E-state index in [0.717, 1.165) is 31.0 Å². The second kappa shape index (κ2) is 6.19. The molecule has 3 nitrogen and oxygen atoms in total. The highest BCUT2D eigenvalue weighted by molar-refractivity contribution is 5.42. The molecule has 1 aliphatic rings. The topological polar surface area (TPSA) is 42.1 Å². The Morgan fingerprint density at radius 3 is 2.44 bits per heavy atom. The molecule has 0 aromatic carbocycles. The second-order valence-electron chi connectivity index (χ2n) is 5.26. The number of rotatable bonds is 3. The number of pyridine rings is 1. The maximum Gasteiger partial charge on any atom is 0.128 e. The van der Waals surface area contributed by atoms with Gasteiger partial charge in [0.05, 0.1) is 0 Å². The highest BCUT2D eigenvalue weighted by Crippen LogP contribution is 2.22. The molecule has 1 atom stereocenters. The summed E-state index contributed by atoms with van der Waals surface area (Å²) in [5, 5.41) is 0. The van der Waals surface area contributed by atoms with E-state index >= 15 is 0 Å². The summed E-state index contributed by atoms with van der Waals surface area (Å²) in [6, 6.07) is 4.43. The molecule has 0 saturated carbocycles. The van der Waals surface area contributed by atoms with Crippen LogP contribution in [0.25, 0.3) is 0 Å². The molecule has 0 amide bonds. The van der Waals surface area contributed by atoms with Crippen LogP contribution in [0.1, 0.15) is 56.3 Å². The number of nitrogens with zero attached hydrogens (tertiary/aromatic N) is 2. The van der Waals surface area contributed by atoms with Crippen molar-refractivity contribution in [3.05, 3.63) is 23.4 Å². The molecule has 1 fully saturated rings. The van der Waals surface area contributed by atoms with Gasteiger partial charge in [0, 0.05) is 24.8 Å². The molecule has 1 aromatic heterocycles. The number of anilines is 1. The fourth-order valence-electron chi connectivity index (χ4n) is 2.65. The lowest BCUT2D eigenvalue weighted by atomic mass is 10.0. The molecule has 3 heteroatoms. The maximum atomic E-state index is 6.10. The lowest BCUT2D eigenvalue weighted by molar-refractivity contribution is 0.686. The van der Waals surface area contributed by atoms with E-state index in [-0.39, 0.29) is 6.04 Å². The van der Waals surface area contributed by atoms with Crippen LogP contribution in [0.4, 0.5) is 5.82 Å². The Hall–Kier alpha value is -1.09. The van der Waals surface area contributed by atoms with E-state index in [4.69, 9.17) is 10.7 Å². The van der Waals surface area contributed by atoms with E-state index < -0.39 is 0 Å². The molecule has 100 valence electrons. The Labute approximate surface area is 110 Å². The zero-order valence-electron chi connectivity index (χ0n) is 11.7. The van der Waals surface area contributed by atoms with Gasteiger partial charge in [-0.1, -0.05) is 25.8 Å². The first kappa shape index (κ1) is 13.3. The van der Waals surface area contributed by atoms with Crippen molar-refractivity contribution in [1.82, 2.24) is 4.98 Å². The smallest absolute Gasteiger partial charge is 0.128 e. The van der Waals surface area contributed by atoms with Gasteiger partial charge in [0.25, 0.3) is 0 Å². The first-order valence-corrected chi connectivity index (χ1v) is 7.20. The van der Waals surface area contributed by atoms with E-state index in [1.54, 1.807) is 0 Å². The summed E-state index contributed by atoms with van der Waals surface area (Å²) in [5.74, 6) is 1.13. The van der Waals surface area contributed by atoms with Gasteiger partial charge >= 0.3 is 0 Å². The quantitative estimate of drug-likeness (QED) is 0.892. The van der Waals surface area contributed by atoms with Crippen LogP contribution in [0.15, 0.2) is 12.1 Å². The summed E-state index contributed by atoms with van der Waals surface area (Å²) < 4.78 is 0. The van der Waals surface area contributed by atoms with Crippen molar-refractivity contribution < 1.29 is 0 Å². The lowest BCUT2D eigenvalue weighted by Crippen LogP contribution is -2.25. The summed E-state index contributed by atoms with van der Waals surface area (Å²) in [7, 11) is 0. The minimum Gasteiger partial charge on any atom is -0.357 e. The van der Waals surface area contributed by atoms with Crippen molar-refractivity contribution in [1.29, 1.82) is 0 Å². The van der Waals surface area contributed by atoms with Gasteiger partial charge in [-0.15, -0.1) is 0 Å². The molecule has 0 unspecified atom stereocenters. The minimum atomic E-state index is 0.121. The number of aromatic nitrogens is 1. The van der Waals surface area contributed by atoms with Crippen LogP contribution in [-0.4, -0.2) is 18.1 Å². The third-order valence-corrected chi connectivity index (χ3v) is 3.88. The molecule has 1 aromatic rings. The summed E-state index contributed by atoms with van der Waals surface area (Å²) in [5.41, 5.74) is 8.37. The van der Waals surface area contributed by atoms with Gasteiger partial charge in [-0.3, -0.25) is 0 Å². The first-order chi connectivity index (χ1) is 8.72. The Morgan fingerprint density at radius 2 is 1.89 bits per heavy atom. The molecule has 0 bridgehead atoms. The molecular formula is C15H25N3. The molecule has 1 aliphatic heterocycles. The van der Waals surface area contributed by atoms with Crippen LogP contribution in [0.3, 0.4) is 0 Å². The minimum absolute atomic E-state index is 0.121. The summed E-state index contributed by atoms with van der Waals surface area (Å²) in [4.78, 5) is 7.17. The Bertz CT molecular complexity index is 381. The number of hydrogen-bond donors (Lipinski definition) is 1. The van der Waals surface area contributed by atoms with Gasteiger partial charge in [-0.25, -0.2) is 4.98 Å². The molecule has 1 saturated heterocycles. The van der Waals surface area contributed by atoms with Crippen molar-refractivity contribution in [3.8, 4) is 0 Å². The predicted octanol–water partition coefficient (Wildman–Crippen LogP) is 3.18. The Kier molecular flexibility index (Phi) is 4.59. The van der Waals surface area contributed by atoms with Gasteiger partial charge in [0.15, 0.2) is 0 Å². The monoisotopic (exact) mass is 247 g/mol. The fraction of sp³-hybridized carbons (Fsp3) is 0.667. The fourth-order valence-corrected chi connectivity index (χ4v) is 2.65. The van der Waals surface area contributed by atoms with Gasteiger partial charge in [-0.05, 0) is 37.8 Å². The first-order valence-electron chi connectivity index (χ1n) is 7.20. The van der Waals surface area contributed by atoms with Crippen LogP contribution < -0.4 is 10.6 Å². The summed E-state index contributed by atoms with van der Waals surface area (Å²) in [6.07, 6.45) is 6.25. The molecule has 0 aliphatic carbocycles. The van der Waals surface area contributed by atoms with Crippen LogP contribution in [-0.2, 0) is 0 Å². The summed E-state index contributed by atoms with van der Waals surface area (Å²) in [6.45, 7) is 6.48. The van der Waals surface area contributed by atoms with Gasteiger partial charge in [0.1, 0.15) is 5.82 Å². The zero-order valence-corrected chi connectivity index (χ0v) is 11.7. The number of aryl methyl sites for hydroxylation is 1. The molecule has 2 rings (SSSR count). The van der Waals surface area contributed by atoms with Gasteiger partial charge in [0.2, 0.25) is 0 Å². The highest BCUT2D eigenvalue weighted by Gasteiger charge is 2.13. The van der Waals surface area contributed by atoms with Crippen molar-refractivity contribution >= 4 is 5.82 Å². The van der Waals surface area contributed by atoms with E-state index in [1.165, 1.54) is 31.2 Å². The molecular weight excluding hydrogens is 222 g/mol. The van der Waals surface area contributed by atoms with Crippen LogP contribution in [0.5, 0.6) is 0 Å². The van der Waals surface area contributed by atoms with Crippen molar-refractivity contribution in [2.45, 2.75) is 52.0 Å². The average Bonchev–Trinajstić information content (AvgIpc) is 2.66. The number of nitrogens with two attached hydrogens (primary N) is 1. The van der Waals surface area contributed by atoms with E-state index in [9.17, 15) is 0 Å². The third kappa shape index (κ3) is 3.02. The van der Waals surface area contributed by atoms with Crippen molar-refractivity contribution in [2.24, 2.45) is 5.73 Å². The molecule has 0 spiro atoms. The molecule has 18 heavy (non-hydrogen) atoms. The standard InChI is InChI=1S/C15H25N3/c1-3-14(16)13-8-9-15(17-12(13)2)18-10-6-4-5-7-11-18/h8-9,14H,3-7,10-11,16H2,1-2H3/t14-/m1/s1.